The summed E-state index contributed by atoms with van der Waals surface area (Å²) < 4.78 is 0. The molecule has 0 amide bonds. The summed E-state index contributed by atoms with van der Waals surface area (Å²) >= 11 is 0. The molecule has 2 aromatic carbocycles. The van der Waals surface area contributed by atoms with Gasteiger partial charge in [0.25, 0.3) is 5.69 Å². The number of anilines is 1. The van der Waals surface area contributed by atoms with E-state index >= 15 is 0 Å². The molecule has 19 heavy (non-hydrogen) atoms. The number of hydrogen-bond acceptors (Lipinski definition) is 3. The molecule has 2 rings (SSSR count). The van der Waals surface area contributed by atoms with Crippen LogP contribution in [0.4, 0.5) is 11.4 Å². The maximum absolute atomic E-state index is 10.9. The fourth-order valence-corrected chi connectivity index (χ4v) is 1.97. The van der Waals surface area contributed by atoms with Gasteiger partial charge in [0.2, 0.25) is 0 Å². The third-order valence-electron chi connectivity index (χ3n) is 3.09. The molecule has 4 heteroatoms. The number of nitrogens with zero attached hydrogens (tertiary/aromatic N) is 1. The largest absolute Gasteiger partial charge is 0.378 e. The Bertz CT molecular complexity index is 582. The van der Waals surface area contributed by atoms with Gasteiger partial charge in [-0.05, 0) is 25.5 Å². The van der Waals surface area contributed by atoms with Gasteiger partial charge >= 0.3 is 0 Å². The van der Waals surface area contributed by atoms with Crippen molar-refractivity contribution >= 4 is 11.4 Å². The molecule has 1 atom stereocenters. The van der Waals surface area contributed by atoms with E-state index in [1.165, 1.54) is 0 Å². The average molecular weight is 256 g/mol. The zero-order chi connectivity index (χ0) is 13.8. The average Bonchev–Trinajstić information content (AvgIpc) is 2.41. The van der Waals surface area contributed by atoms with Crippen molar-refractivity contribution in [2.24, 2.45) is 0 Å². The number of nitro groups is 1. The van der Waals surface area contributed by atoms with Gasteiger partial charge in [0.15, 0.2) is 0 Å². The van der Waals surface area contributed by atoms with Crippen LogP contribution in [0.3, 0.4) is 0 Å². The molecular weight excluding hydrogens is 240 g/mol. The van der Waals surface area contributed by atoms with E-state index in [9.17, 15) is 10.1 Å². The van der Waals surface area contributed by atoms with Crippen molar-refractivity contribution in [3.63, 3.8) is 0 Å². The molecule has 0 spiro atoms. The van der Waals surface area contributed by atoms with Gasteiger partial charge in [-0.15, -0.1) is 0 Å². The molecule has 0 aromatic heterocycles. The molecule has 2 aromatic rings. The van der Waals surface area contributed by atoms with Crippen molar-refractivity contribution in [2.75, 3.05) is 5.32 Å². The van der Waals surface area contributed by atoms with E-state index in [2.05, 4.69) is 5.32 Å². The molecule has 0 aliphatic rings. The summed E-state index contributed by atoms with van der Waals surface area (Å²) in [7, 11) is 0. The second-order valence-corrected chi connectivity index (χ2v) is 4.54. The van der Waals surface area contributed by atoms with Crippen molar-refractivity contribution in [1.82, 2.24) is 0 Å². The summed E-state index contributed by atoms with van der Waals surface area (Å²) in [5.74, 6) is 0. The molecule has 4 nitrogen and oxygen atoms in total. The summed E-state index contributed by atoms with van der Waals surface area (Å²) in [4.78, 5) is 10.6. The number of nitro benzene ring substituents is 1. The van der Waals surface area contributed by atoms with Crippen LogP contribution in [0.1, 0.15) is 24.1 Å². The third-order valence-corrected chi connectivity index (χ3v) is 3.09. The van der Waals surface area contributed by atoms with Crippen LogP contribution in [0.5, 0.6) is 0 Å². The SMILES string of the molecule is Cc1ccc(NC(C)c2ccccc2)cc1[N+](=O)[O-]. The monoisotopic (exact) mass is 256 g/mol. The summed E-state index contributed by atoms with van der Waals surface area (Å²) in [6.45, 7) is 3.77. The van der Waals surface area contributed by atoms with E-state index in [0.29, 0.717) is 5.56 Å². The van der Waals surface area contributed by atoms with Crippen molar-refractivity contribution in [1.29, 1.82) is 0 Å². The first kappa shape index (κ1) is 13.1. The predicted molar refractivity (Wildman–Crippen MR) is 76.3 cm³/mol. The lowest BCUT2D eigenvalue weighted by Crippen LogP contribution is -2.06. The Morgan fingerprint density at radius 1 is 1.16 bits per heavy atom. The number of hydrogen-bond donors (Lipinski definition) is 1. The minimum absolute atomic E-state index is 0.100. The third kappa shape index (κ3) is 3.10. The van der Waals surface area contributed by atoms with Crippen molar-refractivity contribution in [3.05, 3.63) is 69.8 Å². The Morgan fingerprint density at radius 2 is 1.84 bits per heavy atom. The van der Waals surface area contributed by atoms with Crippen LogP contribution in [0.15, 0.2) is 48.5 Å². The van der Waals surface area contributed by atoms with Gasteiger partial charge in [-0.2, -0.15) is 0 Å². The highest BCUT2D eigenvalue weighted by atomic mass is 16.6. The Kier molecular flexibility index (Phi) is 3.80. The second kappa shape index (κ2) is 5.52. The molecule has 0 saturated carbocycles. The van der Waals surface area contributed by atoms with Crippen LogP contribution in [0.25, 0.3) is 0 Å². The van der Waals surface area contributed by atoms with Crippen LogP contribution in [0, 0.1) is 17.0 Å². The topological polar surface area (TPSA) is 55.2 Å². The zero-order valence-electron chi connectivity index (χ0n) is 11.0. The minimum atomic E-state index is -0.353. The standard InChI is InChI=1S/C15H16N2O2/c1-11-8-9-14(10-15(11)17(18)19)16-12(2)13-6-4-3-5-7-13/h3-10,12,16H,1-2H3. The van der Waals surface area contributed by atoms with Gasteiger partial charge in [0.1, 0.15) is 0 Å². The summed E-state index contributed by atoms with van der Waals surface area (Å²) in [6, 6.07) is 15.3. The van der Waals surface area contributed by atoms with Crippen LogP contribution in [-0.2, 0) is 0 Å². The zero-order valence-corrected chi connectivity index (χ0v) is 11.0. The fourth-order valence-electron chi connectivity index (χ4n) is 1.97. The van der Waals surface area contributed by atoms with E-state index in [4.69, 9.17) is 0 Å². The van der Waals surface area contributed by atoms with E-state index < -0.39 is 0 Å². The van der Waals surface area contributed by atoms with Gasteiger partial charge < -0.3 is 5.32 Å². The lowest BCUT2D eigenvalue weighted by atomic mass is 10.1. The normalized spacial score (nSPS) is 11.9. The Morgan fingerprint density at radius 3 is 2.47 bits per heavy atom. The van der Waals surface area contributed by atoms with E-state index in [1.807, 2.05) is 43.3 Å². The highest BCUT2D eigenvalue weighted by molar-refractivity contribution is 5.55. The molecule has 98 valence electrons. The van der Waals surface area contributed by atoms with Crippen LogP contribution >= 0.6 is 0 Å². The Labute approximate surface area is 112 Å². The molecular formula is C15H16N2O2. The highest BCUT2D eigenvalue weighted by Gasteiger charge is 2.12. The molecule has 0 radical (unpaired) electrons. The minimum Gasteiger partial charge on any atom is -0.378 e. The summed E-state index contributed by atoms with van der Waals surface area (Å²) in [5, 5.41) is 14.2. The maximum atomic E-state index is 10.9. The molecule has 0 aliphatic heterocycles. The van der Waals surface area contributed by atoms with Crippen molar-refractivity contribution < 1.29 is 4.92 Å². The molecule has 0 fully saturated rings. The molecule has 1 N–H and O–H groups in total. The smallest absolute Gasteiger partial charge is 0.274 e. The highest BCUT2D eigenvalue weighted by Crippen LogP contribution is 2.25. The molecule has 0 heterocycles. The first-order valence-electron chi connectivity index (χ1n) is 6.14. The van der Waals surface area contributed by atoms with Gasteiger partial charge in [0, 0.05) is 23.4 Å². The van der Waals surface area contributed by atoms with Crippen LogP contribution < -0.4 is 5.32 Å². The Balaban J connectivity index is 2.20. The van der Waals surface area contributed by atoms with Crippen LogP contribution in [0.2, 0.25) is 0 Å². The first-order valence-corrected chi connectivity index (χ1v) is 6.14. The molecule has 0 saturated heterocycles. The number of nitrogens with one attached hydrogen (secondary N) is 1. The van der Waals surface area contributed by atoms with Crippen LogP contribution in [-0.4, -0.2) is 4.92 Å². The molecule has 1 unspecified atom stereocenters. The molecule has 0 bridgehead atoms. The lowest BCUT2D eigenvalue weighted by molar-refractivity contribution is -0.385. The summed E-state index contributed by atoms with van der Waals surface area (Å²) in [6.07, 6.45) is 0. The summed E-state index contributed by atoms with van der Waals surface area (Å²) in [5.41, 5.74) is 2.72. The van der Waals surface area contributed by atoms with E-state index in [-0.39, 0.29) is 16.7 Å². The van der Waals surface area contributed by atoms with Crippen molar-refractivity contribution in [3.8, 4) is 0 Å². The lowest BCUT2D eigenvalue weighted by Gasteiger charge is -2.15. The number of benzene rings is 2. The predicted octanol–water partition coefficient (Wildman–Crippen LogP) is 4.08. The van der Waals surface area contributed by atoms with Gasteiger partial charge in [0.05, 0.1) is 4.92 Å². The van der Waals surface area contributed by atoms with Crippen molar-refractivity contribution in [2.45, 2.75) is 19.9 Å². The van der Waals surface area contributed by atoms with Gasteiger partial charge in [-0.1, -0.05) is 36.4 Å². The maximum Gasteiger partial charge on any atom is 0.274 e. The van der Waals surface area contributed by atoms with Gasteiger partial charge in [-0.25, -0.2) is 0 Å². The van der Waals surface area contributed by atoms with E-state index in [1.54, 1.807) is 19.1 Å². The fraction of sp³-hybridized carbons (Fsp3) is 0.200. The first-order chi connectivity index (χ1) is 9.08. The Hall–Kier alpha value is -2.36. The quantitative estimate of drug-likeness (QED) is 0.662. The van der Waals surface area contributed by atoms with E-state index in [0.717, 1.165) is 11.3 Å². The number of aryl methyl sites for hydroxylation is 1. The second-order valence-electron chi connectivity index (χ2n) is 4.54. The number of rotatable bonds is 4. The van der Waals surface area contributed by atoms with Gasteiger partial charge in [-0.3, -0.25) is 10.1 Å². The molecule has 0 aliphatic carbocycles.